The molecule has 0 fully saturated rings. The Bertz CT molecular complexity index is 875. The van der Waals surface area contributed by atoms with Gasteiger partial charge in [-0.15, -0.1) is 0 Å². The first-order chi connectivity index (χ1) is 12.0. The summed E-state index contributed by atoms with van der Waals surface area (Å²) in [5.74, 6) is 0.374. The van der Waals surface area contributed by atoms with E-state index in [9.17, 15) is 13.2 Å². The number of aryl methyl sites for hydroxylation is 2. The van der Waals surface area contributed by atoms with Crippen LogP contribution in [0.15, 0.2) is 47.4 Å². The summed E-state index contributed by atoms with van der Waals surface area (Å²) in [6, 6.07) is 11.5. The number of benzene rings is 2. The van der Waals surface area contributed by atoms with Crippen molar-refractivity contribution in [2.45, 2.75) is 24.2 Å². The lowest BCUT2D eigenvalue weighted by Crippen LogP contribution is -2.34. The maximum Gasteiger partial charge on any atom is 0.271 e. The molecule has 132 valence electrons. The van der Waals surface area contributed by atoms with Crippen LogP contribution in [0.25, 0.3) is 0 Å². The van der Waals surface area contributed by atoms with Crippen molar-refractivity contribution < 1.29 is 22.7 Å². The third kappa shape index (κ3) is 4.11. The minimum absolute atomic E-state index is 0.0146. The van der Waals surface area contributed by atoms with Gasteiger partial charge in [-0.2, -0.15) is 0 Å². The molecule has 0 atom stereocenters. The Morgan fingerprint density at radius 2 is 1.72 bits per heavy atom. The molecule has 1 aliphatic rings. The predicted molar refractivity (Wildman–Crippen MR) is 92.3 cm³/mol. The molecule has 0 heterocycles. The Morgan fingerprint density at radius 3 is 2.44 bits per heavy atom. The number of ether oxygens (including phenoxy) is 2. The van der Waals surface area contributed by atoms with E-state index in [0.717, 1.165) is 19.3 Å². The summed E-state index contributed by atoms with van der Waals surface area (Å²) in [4.78, 5) is 11.9. The molecule has 1 amide bonds. The Hall–Kier alpha value is -2.54. The van der Waals surface area contributed by atoms with Gasteiger partial charge in [0.1, 0.15) is 11.5 Å². The van der Waals surface area contributed by atoms with Gasteiger partial charge in [-0.25, -0.2) is 13.1 Å². The molecule has 0 saturated carbocycles. The maximum absolute atomic E-state index is 12.2. The van der Waals surface area contributed by atoms with Crippen molar-refractivity contribution in [3.05, 3.63) is 53.6 Å². The number of carbonyl (C=O) groups excluding carboxylic acids is 1. The third-order valence-corrected chi connectivity index (χ3v) is 5.45. The summed E-state index contributed by atoms with van der Waals surface area (Å²) in [6.45, 7) is -0.367. The molecule has 0 radical (unpaired) electrons. The highest BCUT2D eigenvalue weighted by atomic mass is 32.2. The van der Waals surface area contributed by atoms with Crippen molar-refractivity contribution in [1.82, 2.24) is 4.72 Å². The van der Waals surface area contributed by atoms with E-state index in [1.54, 1.807) is 6.07 Å². The Balaban J connectivity index is 1.59. The van der Waals surface area contributed by atoms with Crippen LogP contribution < -0.4 is 14.2 Å². The predicted octanol–water partition coefficient (Wildman–Crippen LogP) is 2.07. The molecule has 2 aromatic carbocycles. The summed E-state index contributed by atoms with van der Waals surface area (Å²) in [6.07, 6.45) is 3.19. The van der Waals surface area contributed by atoms with Crippen LogP contribution in [-0.4, -0.2) is 28.0 Å². The van der Waals surface area contributed by atoms with E-state index in [1.165, 1.54) is 42.5 Å². The fourth-order valence-corrected chi connectivity index (χ4v) is 3.75. The SMILES string of the molecule is COc1ccc(S(=O)(=O)NC(=O)COc2ccc3c(c2)CCC3)cc1. The molecule has 7 heteroatoms. The second-order valence-electron chi connectivity index (χ2n) is 5.78. The number of fused-ring (bicyclic) bond motifs is 1. The minimum Gasteiger partial charge on any atom is -0.497 e. The number of hydrogen-bond acceptors (Lipinski definition) is 5. The van der Waals surface area contributed by atoms with Crippen LogP contribution in [0.2, 0.25) is 0 Å². The Kier molecular flexibility index (Phi) is 4.94. The first kappa shape index (κ1) is 17.3. The van der Waals surface area contributed by atoms with E-state index in [0.29, 0.717) is 11.5 Å². The average molecular weight is 361 g/mol. The van der Waals surface area contributed by atoms with E-state index < -0.39 is 15.9 Å². The van der Waals surface area contributed by atoms with Crippen LogP contribution in [0.4, 0.5) is 0 Å². The number of rotatable bonds is 6. The normalized spacial score (nSPS) is 13.2. The Labute approximate surface area is 146 Å². The zero-order valence-electron chi connectivity index (χ0n) is 13.8. The zero-order valence-corrected chi connectivity index (χ0v) is 14.6. The first-order valence-electron chi connectivity index (χ1n) is 7.92. The molecule has 25 heavy (non-hydrogen) atoms. The number of methoxy groups -OCH3 is 1. The summed E-state index contributed by atoms with van der Waals surface area (Å²) < 4.78 is 36.8. The van der Waals surface area contributed by atoms with Crippen molar-refractivity contribution in [3.63, 3.8) is 0 Å². The third-order valence-electron chi connectivity index (χ3n) is 4.06. The van der Waals surface area contributed by atoms with Crippen molar-refractivity contribution in [1.29, 1.82) is 0 Å². The molecule has 0 unspecified atom stereocenters. The lowest BCUT2D eigenvalue weighted by Gasteiger charge is -2.10. The number of hydrogen-bond donors (Lipinski definition) is 1. The molecule has 0 aromatic heterocycles. The van der Waals surface area contributed by atoms with Gasteiger partial charge in [0.25, 0.3) is 15.9 Å². The van der Waals surface area contributed by atoms with Gasteiger partial charge in [-0.1, -0.05) is 6.07 Å². The highest BCUT2D eigenvalue weighted by molar-refractivity contribution is 7.90. The van der Waals surface area contributed by atoms with Crippen LogP contribution in [0, 0.1) is 0 Å². The van der Waals surface area contributed by atoms with Gasteiger partial charge in [-0.05, 0) is 66.8 Å². The second kappa shape index (κ2) is 7.14. The number of carbonyl (C=O) groups is 1. The monoisotopic (exact) mass is 361 g/mol. The molecule has 0 bridgehead atoms. The maximum atomic E-state index is 12.2. The quantitative estimate of drug-likeness (QED) is 0.852. The standard InChI is InChI=1S/C18H19NO5S/c1-23-15-7-9-17(10-8-15)25(21,22)19-18(20)12-24-16-6-5-13-3-2-4-14(13)11-16/h5-11H,2-4,12H2,1H3,(H,19,20). The van der Waals surface area contributed by atoms with Crippen LogP contribution in [0.5, 0.6) is 11.5 Å². The van der Waals surface area contributed by atoms with Gasteiger partial charge in [-0.3, -0.25) is 4.79 Å². The van der Waals surface area contributed by atoms with Gasteiger partial charge < -0.3 is 9.47 Å². The number of nitrogens with one attached hydrogen (secondary N) is 1. The van der Waals surface area contributed by atoms with Crippen LogP contribution in [0.3, 0.4) is 0 Å². The molecule has 1 N–H and O–H groups in total. The largest absolute Gasteiger partial charge is 0.497 e. The fourth-order valence-electron chi connectivity index (χ4n) is 2.78. The fraction of sp³-hybridized carbons (Fsp3) is 0.278. The van der Waals surface area contributed by atoms with Gasteiger partial charge in [0.05, 0.1) is 12.0 Å². The highest BCUT2D eigenvalue weighted by Gasteiger charge is 2.18. The minimum atomic E-state index is -3.93. The molecular formula is C18H19NO5S. The van der Waals surface area contributed by atoms with Crippen molar-refractivity contribution in [2.24, 2.45) is 0 Å². The summed E-state index contributed by atoms with van der Waals surface area (Å²) in [5.41, 5.74) is 2.53. The van der Waals surface area contributed by atoms with Crippen LogP contribution in [0.1, 0.15) is 17.5 Å². The molecule has 1 aliphatic carbocycles. The van der Waals surface area contributed by atoms with Crippen LogP contribution in [-0.2, 0) is 27.7 Å². The number of sulfonamides is 1. The van der Waals surface area contributed by atoms with Gasteiger partial charge in [0.2, 0.25) is 0 Å². The summed E-state index contributed by atoms with van der Waals surface area (Å²) in [7, 11) is -2.45. The molecule has 0 aliphatic heterocycles. The van der Waals surface area contributed by atoms with E-state index in [-0.39, 0.29) is 11.5 Å². The van der Waals surface area contributed by atoms with Crippen molar-refractivity contribution in [3.8, 4) is 11.5 Å². The number of amides is 1. The molecule has 2 aromatic rings. The topological polar surface area (TPSA) is 81.7 Å². The first-order valence-corrected chi connectivity index (χ1v) is 9.40. The molecule has 0 saturated heterocycles. The average Bonchev–Trinajstić information content (AvgIpc) is 3.07. The molecule has 0 spiro atoms. The van der Waals surface area contributed by atoms with E-state index in [1.807, 2.05) is 16.9 Å². The van der Waals surface area contributed by atoms with Gasteiger partial charge in [0, 0.05) is 0 Å². The van der Waals surface area contributed by atoms with Crippen LogP contribution >= 0.6 is 0 Å². The molecule has 6 nitrogen and oxygen atoms in total. The van der Waals surface area contributed by atoms with Gasteiger partial charge >= 0.3 is 0 Å². The molecular weight excluding hydrogens is 342 g/mol. The zero-order chi connectivity index (χ0) is 17.9. The van der Waals surface area contributed by atoms with E-state index in [2.05, 4.69) is 0 Å². The lowest BCUT2D eigenvalue weighted by atomic mass is 10.1. The summed E-state index contributed by atoms with van der Waals surface area (Å²) in [5, 5.41) is 0. The molecule has 3 rings (SSSR count). The second-order valence-corrected chi connectivity index (χ2v) is 7.46. The lowest BCUT2D eigenvalue weighted by molar-refractivity contribution is -0.121. The smallest absolute Gasteiger partial charge is 0.271 e. The van der Waals surface area contributed by atoms with Crippen molar-refractivity contribution >= 4 is 15.9 Å². The Morgan fingerprint density at radius 1 is 1.04 bits per heavy atom. The van der Waals surface area contributed by atoms with Gasteiger partial charge in [0.15, 0.2) is 6.61 Å². The summed E-state index contributed by atoms with van der Waals surface area (Å²) >= 11 is 0. The van der Waals surface area contributed by atoms with E-state index >= 15 is 0 Å². The van der Waals surface area contributed by atoms with E-state index in [4.69, 9.17) is 9.47 Å². The van der Waals surface area contributed by atoms with Crippen molar-refractivity contribution in [2.75, 3.05) is 13.7 Å². The highest BCUT2D eigenvalue weighted by Crippen LogP contribution is 2.26.